The normalized spacial score (nSPS) is 11.7. The molecule has 3 heteroatoms. The Balaban J connectivity index is 3.09. The molecule has 1 aromatic carbocycles. The molecule has 0 atom stereocenters. The Morgan fingerprint density at radius 2 is 1.94 bits per heavy atom. The van der Waals surface area contributed by atoms with Crippen molar-refractivity contribution < 1.29 is 4.74 Å². The first kappa shape index (κ1) is 14.3. The molecule has 0 aromatic heterocycles. The molecule has 0 aliphatic rings. The summed E-state index contributed by atoms with van der Waals surface area (Å²) >= 11 is 6.27. The van der Waals surface area contributed by atoms with Gasteiger partial charge in [-0.05, 0) is 63.3 Å². The molecule has 0 unspecified atom stereocenters. The first-order valence-electron chi connectivity index (χ1n) is 5.87. The van der Waals surface area contributed by atoms with Crippen LogP contribution in [0.4, 0.5) is 0 Å². The molecule has 0 amide bonds. The second-order valence-electron chi connectivity index (χ2n) is 5.30. The Hall–Kier alpha value is -0.730. The predicted molar refractivity (Wildman–Crippen MR) is 74.1 cm³/mol. The number of aryl methyl sites for hydroxylation is 1. The molecule has 0 saturated carbocycles. The third kappa shape index (κ3) is 3.62. The van der Waals surface area contributed by atoms with Gasteiger partial charge in [0, 0.05) is 10.6 Å². The summed E-state index contributed by atoms with van der Waals surface area (Å²) in [5.41, 5.74) is 9.17. The van der Waals surface area contributed by atoms with Crippen LogP contribution in [0, 0.1) is 13.8 Å². The van der Waals surface area contributed by atoms with E-state index in [4.69, 9.17) is 22.1 Å². The second-order valence-corrected chi connectivity index (χ2v) is 5.68. The van der Waals surface area contributed by atoms with Gasteiger partial charge in [-0.25, -0.2) is 0 Å². The summed E-state index contributed by atoms with van der Waals surface area (Å²) in [4.78, 5) is 0. The zero-order valence-electron chi connectivity index (χ0n) is 11.4. The lowest BCUT2D eigenvalue weighted by atomic mass is 9.93. The van der Waals surface area contributed by atoms with E-state index < -0.39 is 0 Å². The van der Waals surface area contributed by atoms with Crippen LogP contribution in [0.25, 0.3) is 0 Å². The molecule has 0 heterocycles. The summed E-state index contributed by atoms with van der Waals surface area (Å²) in [5.74, 6) is 0.911. The zero-order valence-corrected chi connectivity index (χ0v) is 12.1. The third-order valence-electron chi connectivity index (χ3n) is 3.01. The van der Waals surface area contributed by atoms with Crippen LogP contribution >= 0.6 is 11.6 Å². The van der Waals surface area contributed by atoms with Gasteiger partial charge in [-0.3, -0.25) is 0 Å². The second kappa shape index (κ2) is 5.28. The van der Waals surface area contributed by atoms with Crippen molar-refractivity contribution in [1.29, 1.82) is 0 Å². The monoisotopic (exact) mass is 255 g/mol. The fraction of sp³-hybridized carbons (Fsp3) is 0.571. The Bertz CT molecular complexity index is 408. The van der Waals surface area contributed by atoms with Crippen LogP contribution in [0.2, 0.25) is 5.02 Å². The maximum atomic E-state index is 6.27. The molecule has 2 N–H and O–H groups in total. The first-order valence-corrected chi connectivity index (χ1v) is 6.25. The molecular formula is C14H22ClNO. The van der Waals surface area contributed by atoms with Gasteiger partial charge in [-0.2, -0.15) is 0 Å². The minimum absolute atomic E-state index is 0.172. The molecule has 0 fully saturated rings. The molecule has 17 heavy (non-hydrogen) atoms. The SMILES string of the molecule is COc1cc(C)c(Cl)c(C)c1CCC(C)(C)N. The Morgan fingerprint density at radius 1 is 1.35 bits per heavy atom. The minimum atomic E-state index is -0.172. The summed E-state index contributed by atoms with van der Waals surface area (Å²) in [7, 11) is 1.69. The highest BCUT2D eigenvalue weighted by Crippen LogP contribution is 2.33. The van der Waals surface area contributed by atoms with Gasteiger partial charge in [0.05, 0.1) is 7.11 Å². The van der Waals surface area contributed by atoms with Gasteiger partial charge in [-0.15, -0.1) is 0 Å². The van der Waals surface area contributed by atoms with Crippen LogP contribution in [-0.2, 0) is 6.42 Å². The van der Waals surface area contributed by atoms with Crippen molar-refractivity contribution in [2.45, 2.75) is 46.1 Å². The summed E-state index contributed by atoms with van der Waals surface area (Å²) in [6, 6.07) is 1.99. The van der Waals surface area contributed by atoms with Gasteiger partial charge in [0.1, 0.15) is 5.75 Å². The number of ether oxygens (including phenoxy) is 1. The van der Waals surface area contributed by atoms with E-state index in [9.17, 15) is 0 Å². The first-order chi connectivity index (χ1) is 7.76. The smallest absolute Gasteiger partial charge is 0.122 e. The van der Waals surface area contributed by atoms with Crippen molar-refractivity contribution in [2.24, 2.45) is 5.73 Å². The third-order valence-corrected chi connectivity index (χ3v) is 3.59. The maximum absolute atomic E-state index is 6.27. The van der Waals surface area contributed by atoms with Gasteiger partial charge in [0.2, 0.25) is 0 Å². The number of rotatable bonds is 4. The summed E-state index contributed by atoms with van der Waals surface area (Å²) in [6.07, 6.45) is 1.79. The Labute approximate surface area is 109 Å². The van der Waals surface area contributed by atoms with Crippen molar-refractivity contribution in [3.63, 3.8) is 0 Å². The van der Waals surface area contributed by atoms with E-state index in [1.807, 2.05) is 33.8 Å². The summed E-state index contributed by atoms with van der Waals surface area (Å²) < 4.78 is 5.43. The average Bonchev–Trinajstić information content (AvgIpc) is 2.22. The van der Waals surface area contributed by atoms with Crippen LogP contribution in [0.3, 0.4) is 0 Å². The number of hydrogen-bond donors (Lipinski definition) is 1. The van der Waals surface area contributed by atoms with Crippen molar-refractivity contribution in [3.8, 4) is 5.75 Å². The largest absolute Gasteiger partial charge is 0.496 e. The molecule has 1 rings (SSSR count). The lowest BCUT2D eigenvalue weighted by molar-refractivity contribution is 0.403. The van der Waals surface area contributed by atoms with Gasteiger partial charge in [0.15, 0.2) is 0 Å². The van der Waals surface area contributed by atoms with Crippen LogP contribution in [0.5, 0.6) is 5.75 Å². The Kier molecular flexibility index (Phi) is 4.45. The van der Waals surface area contributed by atoms with Gasteiger partial charge >= 0.3 is 0 Å². The minimum Gasteiger partial charge on any atom is -0.496 e. The maximum Gasteiger partial charge on any atom is 0.122 e. The molecule has 2 nitrogen and oxygen atoms in total. The number of methoxy groups -OCH3 is 1. The fourth-order valence-electron chi connectivity index (χ4n) is 1.90. The van der Waals surface area contributed by atoms with Crippen LogP contribution in [0.15, 0.2) is 6.07 Å². The van der Waals surface area contributed by atoms with E-state index in [2.05, 4.69) is 0 Å². The topological polar surface area (TPSA) is 35.2 Å². The highest BCUT2D eigenvalue weighted by molar-refractivity contribution is 6.32. The van der Waals surface area contributed by atoms with Gasteiger partial charge in [-0.1, -0.05) is 11.6 Å². The Morgan fingerprint density at radius 3 is 2.41 bits per heavy atom. The molecular weight excluding hydrogens is 234 g/mol. The van der Waals surface area contributed by atoms with E-state index in [1.54, 1.807) is 7.11 Å². The predicted octanol–water partition coefficient (Wildman–Crippen LogP) is 3.64. The van der Waals surface area contributed by atoms with E-state index >= 15 is 0 Å². The van der Waals surface area contributed by atoms with Crippen LogP contribution in [0.1, 0.15) is 37.0 Å². The van der Waals surface area contributed by atoms with Crippen molar-refractivity contribution in [2.75, 3.05) is 7.11 Å². The van der Waals surface area contributed by atoms with Crippen LogP contribution < -0.4 is 10.5 Å². The molecule has 0 aliphatic carbocycles. The molecule has 0 saturated heterocycles. The molecule has 1 aromatic rings. The summed E-state index contributed by atoms with van der Waals surface area (Å²) in [5, 5.41) is 0.829. The molecule has 0 aliphatic heterocycles. The number of hydrogen-bond acceptors (Lipinski definition) is 2. The van der Waals surface area contributed by atoms with Gasteiger partial charge < -0.3 is 10.5 Å². The molecule has 0 bridgehead atoms. The lowest BCUT2D eigenvalue weighted by Gasteiger charge is -2.21. The number of nitrogens with two attached hydrogens (primary N) is 1. The number of halogens is 1. The van der Waals surface area contributed by atoms with Crippen molar-refractivity contribution in [3.05, 3.63) is 27.8 Å². The van der Waals surface area contributed by atoms with E-state index in [-0.39, 0.29) is 5.54 Å². The average molecular weight is 256 g/mol. The van der Waals surface area contributed by atoms with Crippen molar-refractivity contribution >= 4 is 11.6 Å². The quantitative estimate of drug-likeness (QED) is 0.892. The van der Waals surface area contributed by atoms with Gasteiger partial charge in [0.25, 0.3) is 0 Å². The highest BCUT2D eigenvalue weighted by Gasteiger charge is 2.16. The van der Waals surface area contributed by atoms with Crippen LogP contribution in [-0.4, -0.2) is 12.6 Å². The lowest BCUT2D eigenvalue weighted by Crippen LogP contribution is -2.32. The molecule has 0 radical (unpaired) electrons. The molecule has 96 valence electrons. The standard InChI is InChI=1S/C14H22ClNO/c1-9-8-12(17-5)11(10(2)13(9)15)6-7-14(3,4)16/h8H,6-7,16H2,1-5H3. The highest BCUT2D eigenvalue weighted by atomic mass is 35.5. The van der Waals surface area contributed by atoms with E-state index in [0.717, 1.165) is 34.7 Å². The van der Waals surface area contributed by atoms with Crippen molar-refractivity contribution in [1.82, 2.24) is 0 Å². The van der Waals surface area contributed by atoms with E-state index in [1.165, 1.54) is 5.56 Å². The zero-order chi connectivity index (χ0) is 13.2. The van der Waals surface area contributed by atoms with E-state index in [0.29, 0.717) is 0 Å². The number of benzene rings is 1. The molecule has 0 spiro atoms. The summed E-state index contributed by atoms with van der Waals surface area (Å²) in [6.45, 7) is 8.10. The fourth-order valence-corrected chi connectivity index (χ4v) is 2.07.